The van der Waals surface area contributed by atoms with Crippen LogP contribution < -0.4 is 10.5 Å². The molecule has 0 radical (unpaired) electrons. The topological polar surface area (TPSA) is 77.1 Å². The highest BCUT2D eigenvalue weighted by Crippen LogP contribution is 2.37. The minimum absolute atomic E-state index is 0.0453. The van der Waals surface area contributed by atoms with E-state index in [4.69, 9.17) is 20.4 Å². The quantitative estimate of drug-likeness (QED) is 0.211. The number of halogens is 3. The monoisotopic (exact) mass is 304 g/mol. The van der Waals surface area contributed by atoms with Gasteiger partial charge in [-0.25, -0.2) is 0 Å². The van der Waals surface area contributed by atoms with Crippen LogP contribution >= 0.6 is 0 Å². The standard InChI is InChI=1S/C13H15F3N2O3/c14-13(15,16)10-5-9(12(17)18-19)3-4-11(10)21-7-20-6-8-1-2-8/h3-5,8,19H,1-2,6-7H2,(H2,17,18). The van der Waals surface area contributed by atoms with E-state index in [0.717, 1.165) is 25.0 Å². The van der Waals surface area contributed by atoms with E-state index >= 15 is 0 Å². The van der Waals surface area contributed by atoms with Gasteiger partial charge in [0.2, 0.25) is 0 Å². The second-order valence-electron chi connectivity index (χ2n) is 4.77. The molecule has 0 bridgehead atoms. The summed E-state index contributed by atoms with van der Waals surface area (Å²) in [7, 11) is 0. The van der Waals surface area contributed by atoms with Crippen LogP contribution in [-0.2, 0) is 10.9 Å². The summed E-state index contributed by atoms with van der Waals surface area (Å²) >= 11 is 0. The van der Waals surface area contributed by atoms with Crippen molar-refractivity contribution in [3.05, 3.63) is 29.3 Å². The van der Waals surface area contributed by atoms with Crippen LogP contribution in [0, 0.1) is 5.92 Å². The molecule has 21 heavy (non-hydrogen) atoms. The molecule has 1 aliphatic rings. The summed E-state index contributed by atoms with van der Waals surface area (Å²) in [6.45, 7) is 0.242. The molecule has 2 rings (SSSR count). The van der Waals surface area contributed by atoms with Crippen LogP contribution in [0.2, 0.25) is 0 Å². The van der Waals surface area contributed by atoms with Crippen molar-refractivity contribution in [2.75, 3.05) is 13.4 Å². The molecule has 3 N–H and O–H groups in total. The lowest BCUT2D eigenvalue weighted by atomic mass is 10.1. The van der Waals surface area contributed by atoms with Crippen LogP contribution in [-0.4, -0.2) is 24.4 Å². The first-order valence-corrected chi connectivity index (χ1v) is 6.31. The summed E-state index contributed by atoms with van der Waals surface area (Å²) in [6.07, 6.45) is -2.44. The maximum Gasteiger partial charge on any atom is 0.419 e. The Balaban J connectivity index is 2.10. The van der Waals surface area contributed by atoms with E-state index in [1.807, 2.05) is 0 Å². The lowest BCUT2D eigenvalue weighted by Crippen LogP contribution is -2.16. The van der Waals surface area contributed by atoms with Gasteiger partial charge < -0.3 is 20.4 Å². The summed E-state index contributed by atoms with van der Waals surface area (Å²) in [5.74, 6) is -0.261. The fraction of sp³-hybridized carbons (Fsp3) is 0.462. The molecule has 0 atom stereocenters. The summed E-state index contributed by atoms with van der Waals surface area (Å²) in [5.41, 5.74) is 4.24. The van der Waals surface area contributed by atoms with E-state index in [1.165, 1.54) is 6.07 Å². The zero-order chi connectivity index (χ0) is 15.5. The van der Waals surface area contributed by atoms with Crippen molar-refractivity contribution in [1.29, 1.82) is 0 Å². The molecule has 0 amide bonds. The second-order valence-corrected chi connectivity index (χ2v) is 4.77. The first-order valence-electron chi connectivity index (χ1n) is 6.31. The summed E-state index contributed by atoms with van der Waals surface area (Å²) in [5, 5.41) is 11.2. The third-order valence-electron chi connectivity index (χ3n) is 3.04. The highest BCUT2D eigenvalue weighted by molar-refractivity contribution is 5.97. The fourth-order valence-corrected chi connectivity index (χ4v) is 1.70. The maximum atomic E-state index is 13.0. The minimum atomic E-state index is -4.61. The molecule has 0 aliphatic heterocycles. The Bertz CT molecular complexity index is 528. The highest BCUT2D eigenvalue weighted by Gasteiger charge is 2.35. The van der Waals surface area contributed by atoms with Gasteiger partial charge in [-0.1, -0.05) is 5.16 Å². The molecular formula is C13H15F3N2O3. The molecular weight excluding hydrogens is 289 g/mol. The first-order chi connectivity index (χ1) is 9.91. The van der Waals surface area contributed by atoms with Crippen molar-refractivity contribution in [1.82, 2.24) is 0 Å². The van der Waals surface area contributed by atoms with Gasteiger partial charge >= 0.3 is 6.18 Å². The molecule has 0 aromatic heterocycles. The number of rotatable bonds is 6. The van der Waals surface area contributed by atoms with E-state index in [0.29, 0.717) is 12.5 Å². The SMILES string of the molecule is N/C(=N/O)c1ccc(OCOCC2CC2)c(C(F)(F)F)c1. The van der Waals surface area contributed by atoms with Gasteiger partial charge in [-0.15, -0.1) is 0 Å². The molecule has 1 saturated carbocycles. The molecule has 5 nitrogen and oxygen atoms in total. The number of oxime groups is 1. The highest BCUT2D eigenvalue weighted by atomic mass is 19.4. The van der Waals surface area contributed by atoms with Crippen LogP contribution in [0.4, 0.5) is 13.2 Å². The van der Waals surface area contributed by atoms with Gasteiger partial charge in [-0.05, 0) is 37.0 Å². The molecule has 8 heteroatoms. The Kier molecular flexibility index (Phi) is 4.56. The van der Waals surface area contributed by atoms with Crippen LogP contribution in [0.15, 0.2) is 23.4 Å². The lowest BCUT2D eigenvalue weighted by Gasteiger charge is -2.15. The van der Waals surface area contributed by atoms with Crippen molar-refractivity contribution in [3.8, 4) is 5.75 Å². The van der Waals surface area contributed by atoms with Crippen LogP contribution in [0.3, 0.4) is 0 Å². The number of hydrogen-bond donors (Lipinski definition) is 2. The predicted molar refractivity (Wildman–Crippen MR) is 68.1 cm³/mol. The van der Waals surface area contributed by atoms with Crippen molar-refractivity contribution in [2.45, 2.75) is 19.0 Å². The van der Waals surface area contributed by atoms with Gasteiger partial charge in [0.05, 0.1) is 12.2 Å². The molecule has 0 unspecified atom stereocenters. The fourth-order valence-electron chi connectivity index (χ4n) is 1.70. The third-order valence-corrected chi connectivity index (χ3v) is 3.04. The molecule has 116 valence electrons. The predicted octanol–water partition coefficient (Wildman–Crippen LogP) is 2.56. The average molecular weight is 304 g/mol. The van der Waals surface area contributed by atoms with Crippen molar-refractivity contribution < 1.29 is 27.9 Å². The molecule has 1 aliphatic carbocycles. The zero-order valence-electron chi connectivity index (χ0n) is 11.1. The Hall–Kier alpha value is -1.96. The largest absolute Gasteiger partial charge is 0.467 e. The van der Waals surface area contributed by atoms with Crippen molar-refractivity contribution >= 4 is 5.84 Å². The summed E-state index contributed by atoms with van der Waals surface area (Å²) in [4.78, 5) is 0. The smallest absolute Gasteiger partial charge is 0.419 e. The Morgan fingerprint density at radius 2 is 2.10 bits per heavy atom. The van der Waals surface area contributed by atoms with Crippen LogP contribution in [0.25, 0.3) is 0 Å². The Morgan fingerprint density at radius 3 is 2.67 bits per heavy atom. The van der Waals surface area contributed by atoms with Crippen molar-refractivity contribution in [2.24, 2.45) is 16.8 Å². The first kappa shape index (κ1) is 15.4. The van der Waals surface area contributed by atoms with Crippen molar-refractivity contribution in [3.63, 3.8) is 0 Å². The van der Waals surface area contributed by atoms with Crippen LogP contribution in [0.5, 0.6) is 5.75 Å². The number of nitrogens with two attached hydrogens (primary N) is 1. The Morgan fingerprint density at radius 1 is 1.38 bits per heavy atom. The molecule has 1 aromatic rings. The Labute approximate surface area is 119 Å². The minimum Gasteiger partial charge on any atom is -0.467 e. The van der Waals surface area contributed by atoms with E-state index in [1.54, 1.807) is 0 Å². The molecule has 0 heterocycles. The zero-order valence-corrected chi connectivity index (χ0v) is 11.1. The van der Waals surface area contributed by atoms with Gasteiger partial charge in [0.25, 0.3) is 0 Å². The normalized spacial score (nSPS) is 16.0. The summed E-state index contributed by atoms with van der Waals surface area (Å²) in [6, 6.07) is 3.17. The number of nitrogens with zero attached hydrogens (tertiary/aromatic N) is 1. The number of amidine groups is 1. The van der Waals surface area contributed by atoms with Gasteiger partial charge in [-0.2, -0.15) is 13.2 Å². The van der Waals surface area contributed by atoms with Gasteiger partial charge in [0, 0.05) is 5.56 Å². The maximum absolute atomic E-state index is 13.0. The average Bonchev–Trinajstić information content (AvgIpc) is 3.26. The van der Waals surface area contributed by atoms with E-state index in [-0.39, 0.29) is 18.1 Å². The van der Waals surface area contributed by atoms with Crippen LogP contribution in [0.1, 0.15) is 24.0 Å². The lowest BCUT2D eigenvalue weighted by molar-refractivity contribution is -0.139. The van der Waals surface area contributed by atoms with E-state index in [9.17, 15) is 13.2 Å². The third kappa shape index (κ3) is 4.25. The van der Waals surface area contributed by atoms with Gasteiger partial charge in [0.1, 0.15) is 5.75 Å². The summed E-state index contributed by atoms with van der Waals surface area (Å²) < 4.78 is 49.1. The molecule has 0 spiro atoms. The van der Waals surface area contributed by atoms with Gasteiger partial charge in [-0.3, -0.25) is 0 Å². The molecule has 1 fully saturated rings. The number of benzene rings is 1. The molecule has 1 aromatic carbocycles. The second kappa shape index (κ2) is 6.21. The number of ether oxygens (including phenoxy) is 2. The number of alkyl halides is 3. The molecule has 0 saturated heterocycles. The van der Waals surface area contributed by atoms with E-state index in [2.05, 4.69) is 5.16 Å². The van der Waals surface area contributed by atoms with Gasteiger partial charge in [0.15, 0.2) is 12.6 Å². The van der Waals surface area contributed by atoms with E-state index < -0.39 is 17.6 Å². The number of hydrogen-bond acceptors (Lipinski definition) is 4.